The molecule has 0 unspecified atom stereocenters. The van der Waals surface area contributed by atoms with Crippen molar-refractivity contribution in [2.45, 2.75) is 32.2 Å². The summed E-state index contributed by atoms with van der Waals surface area (Å²) >= 11 is 8.72. The molecule has 3 aromatic heterocycles. The van der Waals surface area contributed by atoms with E-state index in [0.29, 0.717) is 57.0 Å². The van der Waals surface area contributed by atoms with E-state index in [1.807, 2.05) is 49.4 Å². The van der Waals surface area contributed by atoms with Gasteiger partial charge in [-0.2, -0.15) is 0 Å². The summed E-state index contributed by atoms with van der Waals surface area (Å²) in [6.07, 6.45) is 1.30. The Morgan fingerprint density at radius 1 is 0.938 bits per heavy atom. The lowest BCUT2D eigenvalue weighted by atomic mass is 9.95. The first-order chi connectivity index (χ1) is 31.1. The van der Waals surface area contributed by atoms with Crippen LogP contribution in [-0.4, -0.2) is 102 Å². The van der Waals surface area contributed by atoms with E-state index in [1.54, 1.807) is 55.9 Å². The average Bonchev–Trinajstić information content (AvgIpc) is 3.70. The number of piperazine rings is 1. The Morgan fingerprint density at radius 3 is 2.53 bits per heavy atom. The zero-order chi connectivity index (χ0) is 44.3. The molecule has 0 amide bonds. The maximum Gasteiger partial charge on any atom is 0.345 e. The molecule has 10 rings (SSSR count). The van der Waals surface area contributed by atoms with Crippen molar-refractivity contribution in [1.29, 1.82) is 0 Å². The van der Waals surface area contributed by atoms with Gasteiger partial charge in [0.15, 0.2) is 5.82 Å². The van der Waals surface area contributed by atoms with Gasteiger partial charge in [0.2, 0.25) is 12.0 Å². The summed E-state index contributed by atoms with van der Waals surface area (Å²) in [5, 5.41) is 11.8. The number of pyridine rings is 1. The number of fused-ring (bicyclic) bond motifs is 7. The topological polar surface area (TPSA) is 129 Å². The van der Waals surface area contributed by atoms with Crippen LogP contribution < -0.4 is 23.7 Å². The van der Waals surface area contributed by atoms with E-state index >= 15 is 0 Å². The molecule has 1 N–H and O–H groups in total. The van der Waals surface area contributed by atoms with Crippen LogP contribution in [0.1, 0.15) is 16.8 Å². The molecule has 2 atom stereocenters. The first-order valence-electron chi connectivity index (χ1n) is 20.9. The van der Waals surface area contributed by atoms with Crippen molar-refractivity contribution >= 4 is 39.0 Å². The number of hydrogen-bond acceptors (Lipinski definition) is 12. The lowest BCUT2D eigenvalue weighted by Crippen LogP contribution is -2.49. The molecule has 0 saturated carbocycles. The van der Waals surface area contributed by atoms with Crippen LogP contribution >= 0.6 is 22.9 Å². The van der Waals surface area contributed by atoms with Gasteiger partial charge in [0.25, 0.3) is 0 Å². The van der Waals surface area contributed by atoms with E-state index in [-0.39, 0.29) is 31.3 Å². The van der Waals surface area contributed by atoms with Crippen molar-refractivity contribution in [2.75, 3.05) is 53.5 Å². The molecule has 4 bridgehead atoms. The Kier molecular flexibility index (Phi) is 12.6. The number of nitrogens with zero attached hydrogens (tertiary/aromatic N) is 5. The highest BCUT2D eigenvalue weighted by atomic mass is 35.5. The highest BCUT2D eigenvalue weighted by Crippen LogP contribution is 2.50. The summed E-state index contributed by atoms with van der Waals surface area (Å²) in [7, 11) is 3.71. The van der Waals surface area contributed by atoms with Crippen LogP contribution in [0, 0.1) is 12.7 Å². The Morgan fingerprint density at radius 2 is 1.73 bits per heavy atom. The quantitative estimate of drug-likeness (QED) is 0.148. The van der Waals surface area contributed by atoms with Crippen molar-refractivity contribution in [3.8, 4) is 61.8 Å². The van der Waals surface area contributed by atoms with Gasteiger partial charge in [-0.1, -0.05) is 41.9 Å². The van der Waals surface area contributed by atoms with E-state index in [0.717, 1.165) is 63.6 Å². The first-order valence-corrected chi connectivity index (χ1v) is 22.1. The summed E-state index contributed by atoms with van der Waals surface area (Å²) in [6, 6.07) is 26.5. The molecule has 0 spiro atoms. The predicted molar refractivity (Wildman–Crippen MR) is 245 cm³/mol. The standard InChI is InChI=1S/C49H45ClFN5O7S/c1-29-36-13-15-40(45(29)50)62-35(26-56-22-20-55(2)21-23-56)28-60-34-12-14-38(61-27-33-16-18-52-47(54-33)37-6-4-5-7-39(37)59-3)31(24-34)25-41(49(57)58)63-48-44-42(17-19-53-48)64-46(43(36)44)30-8-10-32(51)11-9-30/h4-19,24,35,41H,20-23,25-28H2,1-3H3,(H,57,58)/t35-,41+/m0/s1. The zero-order valence-electron chi connectivity index (χ0n) is 35.4. The summed E-state index contributed by atoms with van der Waals surface area (Å²) in [6.45, 7) is 6.33. The minimum absolute atomic E-state index is 0.0556. The fourth-order valence-electron chi connectivity index (χ4n) is 8.05. The molecule has 3 aliphatic heterocycles. The van der Waals surface area contributed by atoms with Gasteiger partial charge >= 0.3 is 5.97 Å². The second kappa shape index (κ2) is 18.8. The maximum absolute atomic E-state index is 14.3. The highest BCUT2D eigenvalue weighted by Gasteiger charge is 2.29. The Balaban J connectivity index is 1.13. The largest absolute Gasteiger partial charge is 0.496 e. The van der Waals surface area contributed by atoms with Gasteiger partial charge in [0.05, 0.1) is 28.8 Å². The second-order valence-corrected chi connectivity index (χ2v) is 17.2. The number of benzene rings is 4. The normalized spacial score (nSPS) is 17.0. The monoisotopic (exact) mass is 901 g/mol. The predicted octanol–water partition coefficient (Wildman–Crippen LogP) is 9.24. The highest BCUT2D eigenvalue weighted by molar-refractivity contribution is 7.23. The lowest BCUT2D eigenvalue weighted by Gasteiger charge is -2.34. The molecule has 0 radical (unpaired) electrons. The SMILES string of the molecule is COc1ccccc1-c1nccc(COc2ccc3cc2C[C@H](C(=O)O)Oc2nccc4sc(-c5ccc(F)cc5)c(c24)-c2ccc(c(Cl)c2C)O[C@@H](CN2CCN(C)CC2)CO3)n1. The molecule has 6 heterocycles. The Labute approximate surface area is 378 Å². The minimum atomic E-state index is -1.41. The number of ether oxygens (including phenoxy) is 5. The van der Waals surface area contributed by atoms with E-state index in [2.05, 4.69) is 26.8 Å². The van der Waals surface area contributed by atoms with Crippen molar-refractivity contribution in [1.82, 2.24) is 24.8 Å². The number of likely N-dealkylation sites (N-methyl/N-ethyl adjacent to an activating group) is 1. The third-order valence-corrected chi connectivity index (χ3v) is 13.2. The third kappa shape index (κ3) is 9.18. The Bertz CT molecular complexity index is 2820. The number of aliphatic carboxylic acids is 1. The molecular formula is C49H45ClFN5O7S. The molecular weight excluding hydrogens is 857 g/mol. The maximum atomic E-state index is 14.3. The van der Waals surface area contributed by atoms with E-state index in [1.165, 1.54) is 23.5 Å². The van der Waals surface area contributed by atoms with Crippen LogP contribution in [0.4, 0.5) is 4.39 Å². The number of aromatic nitrogens is 3. The van der Waals surface area contributed by atoms with Gasteiger partial charge in [-0.3, -0.25) is 4.90 Å². The molecule has 1 saturated heterocycles. The minimum Gasteiger partial charge on any atom is -0.496 e. The fraction of sp³-hybridized carbons (Fsp3) is 0.265. The van der Waals surface area contributed by atoms with E-state index < -0.39 is 18.2 Å². The van der Waals surface area contributed by atoms with Crippen LogP contribution in [0.3, 0.4) is 0 Å². The zero-order valence-corrected chi connectivity index (χ0v) is 37.0. The molecule has 15 heteroatoms. The number of para-hydroxylation sites is 1. The molecule has 7 aromatic rings. The smallest absolute Gasteiger partial charge is 0.345 e. The van der Waals surface area contributed by atoms with Crippen LogP contribution in [0.5, 0.6) is 28.9 Å². The number of rotatable bonds is 9. The van der Waals surface area contributed by atoms with Crippen LogP contribution in [0.25, 0.3) is 43.0 Å². The van der Waals surface area contributed by atoms with Crippen molar-refractivity contribution < 1.29 is 38.0 Å². The number of carbonyl (C=O) groups is 1. The van der Waals surface area contributed by atoms with E-state index in [9.17, 15) is 14.3 Å². The third-order valence-electron chi connectivity index (χ3n) is 11.5. The van der Waals surface area contributed by atoms with Gasteiger partial charge in [-0.15, -0.1) is 11.3 Å². The molecule has 64 heavy (non-hydrogen) atoms. The summed E-state index contributed by atoms with van der Waals surface area (Å²) < 4.78 is 46.8. The van der Waals surface area contributed by atoms with Crippen molar-refractivity contribution in [3.63, 3.8) is 0 Å². The van der Waals surface area contributed by atoms with Crippen LogP contribution in [0.2, 0.25) is 5.02 Å². The summed E-state index contributed by atoms with van der Waals surface area (Å²) in [5.74, 6) is 1.08. The molecule has 1 fully saturated rings. The Hall–Kier alpha value is -6.32. The molecule has 4 aromatic carbocycles. The number of methoxy groups -OCH3 is 1. The van der Waals surface area contributed by atoms with Crippen molar-refractivity contribution in [3.05, 3.63) is 131 Å². The summed E-state index contributed by atoms with van der Waals surface area (Å²) in [5.41, 5.74) is 4.86. The lowest BCUT2D eigenvalue weighted by molar-refractivity contribution is -0.145. The van der Waals surface area contributed by atoms with Gasteiger partial charge < -0.3 is 33.7 Å². The van der Waals surface area contributed by atoms with Gasteiger partial charge in [-0.25, -0.2) is 24.1 Å². The number of thiophene rings is 1. The molecule has 0 aliphatic carbocycles. The number of halogens is 2. The van der Waals surface area contributed by atoms with Crippen LogP contribution in [0.15, 0.2) is 103 Å². The first kappa shape index (κ1) is 43.0. The molecule has 3 aliphatic rings. The summed E-state index contributed by atoms with van der Waals surface area (Å²) in [4.78, 5) is 32.6. The number of carboxylic acids is 1. The second-order valence-electron chi connectivity index (χ2n) is 15.8. The molecule has 328 valence electrons. The number of carboxylic acid groups (broad SMARTS) is 1. The van der Waals surface area contributed by atoms with Gasteiger partial charge in [0.1, 0.15) is 48.1 Å². The average molecular weight is 902 g/mol. The van der Waals surface area contributed by atoms with Gasteiger partial charge in [0, 0.05) is 72.2 Å². The molecule has 12 nitrogen and oxygen atoms in total. The fourth-order valence-corrected chi connectivity index (χ4v) is 9.46. The van der Waals surface area contributed by atoms with E-state index in [4.69, 9.17) is 40.3 Å². The van der Waals surface area contributed by atoms with Crippen molar-refractivity contribution in [2.24, 2.45) is 0 Å². The number of hydrogen-bond donors (Lipinski definition) is 1. The van der Waals surface area contributed by atoms with Crippen LogP contribution in [-0.2, 0) is 17.8 Å². The van der Waals surface area contributed by atoms with Gasteiger partial charge in [-0.05, 0) is 91.3 Å².